The van der Waals surface area contributed by atoms with E-state index in [2.05, 4.69) is 34.7 Å². The molecule has 1 rings (SSSR count). The van der Waals surface area contributed by atoms with Gasteiger partial charge in [-0.2, -0.15) is 10.5 Å². The molecule has 70 valence electrons. The fraction of sp³-hybridized carbons (Fsp3) is 0.273. The summed E-state index contributed by atoms with van der Waals surface area (Å²) in [5, 5.41) is 17.7. The summed E-state index contributed by atoms with van der Waals surface area (Å²) in [7, 11) is 0. The number of hydrogen-bond donors (Lipinski definition) is 0. The highest BCUT2D eigenvalue weighted by Crippen LogP contribution is 2.33. The number of benzene rings is 1. The van der Waals surface area contributed by atoms with E-state index in [0.717, 1.165) is 5.56 Å². The Hall–Kier alpha value is -1.07. The average Bonchev–Trinajstić information content (AvgIpc) is 2.15. The maximum atomic E-state index is 8.91. The van der Waals surface area contributed by atoms with Gasteiger partial charge in [-0.1, -0.05) is 22.6 Å². The van der Waals surface area contributed by atoms with Crippen LogP contribution in [0, 0.1) is 22.7 Å². The molecule has 0 radical (unpaired) electrons. The molecule has 0 atom stereocenters. The van der Waals surface area contributed by atoms with Crippen molar-refractivity contribution < 1.29 is 0 Å². The van der Waals surface area contributed by atoms with Crippen molar-refractivity contribution in [2.45, 2.75) is 17.3 Å². The van der Waals surface area contributed by atoms with E-state index in [9.17, 15) is 0 Å². The van der Waals surface area contributed by atoms with E-state index in [1.165, 1.54) is 0 Å². The smallest absolute Gasteiger partial charge is 0.0995 e. The van der Waals surface area contributed by atoms with Crippen LogP contribution in [0.1, 0.15) is 30.5 Å². The lowest BCUT2D eigenvalue weighted by molar-refractivity contribution is 0.822. The third kappa shape index (κ3) is 2.24. The fourth-order valence-corrected chi connectivity index (χ4v) is 1.65. The van der Waals surface area contributed by atoms with Gasteiger partial charge in [-0.3, -0.25) is 0 Å². The summed E-state index contributed by atoms with van der Waals surface area (Å²) in [4.78, 5) is 0. The molecule has 14 heavy (non-hydrogen) atoms. The van der Waals surface area contributed by atoms with Crippen molar-refractivity contribution in [1.82, 2.24) is 0 Å². The Balaban J connectivity index is 3.41. The van der Waals surface area contributed by atoms with E-state index in [1.54, 1.807) is 18.2 Å². The normalized spacial score (nSPS) is 10.4. The number of nitrogens with zero attached hydrogens (tertiary/aromatic N) is 2. The summed E-state index contributed by atoms with van der Waals surface area (Å²) in [6.07, 6.45) is 0. The Labute approximate surface area is 97.3 Å². The molecule has 0 spiro atoms. The molecule has 0 fully saturated rings. The second kappa shape index (κ2) is 3.98. The third-order valence-electron chi connectivity index (χ3n) is 1.91. The molecule has 0 saturated carbocycles. The molecule has 0 N–H and O–H groups in total. The Morgan fingerprint density at radius 3 is 2.29 bits per heavy atom. The molecule has 1 aromatic rings. The standard InChI is InChI=1S/C11H9IN2/c1-11(2,12)10-5-8(6-13)3-4-9(10)7-14/h3-5H,1-2H3. The molecule has 0 aliphatic rings. The van der Waals surface area contributed by atoms with Gasteiger partial charge in [0.1, 0.15) is 0 Å². The lowest BCUT2D eigenvalue weighted by Gasteiger charge is -2.18. The van der Waals surface area contributed by atoms with Gasteiger partial charge in [-0.25, -0.2) is 0 Å². The van der Waals surface area contributed by atoms with E-state index >= 15 is 0 Å². The Kier molecular flexibility index (Phi) is 3.13. The first kappa shape index (κ1) is 11.0. The molecule has 2 nitrogen and oxygen atoms in total. The minimum atomic E-state index is -0.129. The molecule has 3 heteroatoms. The summed E-state index contributed by atoms with van der Waals surface area (Å²) in [5.74, 6) is 0. The fourth-order valence-electron chi connectivity index (χ4n) is 1.20. The number of rotatable bonds is 1. The van der Waals surface area contributed by atoms with Gasteiger partial charge in [0.25, 0.3) is 0 Å². The largest absolute Gasteiger partial charge is 0.192 e. The highest BCUT2D eigenvalue weighted by molar-refractivity contribution is 14.1. The topological polar surface area (TPSA) is 47.6 Å². The van der Waals surface area contributed by atoms with Gasteiger partial charge in [-0.05, 0) is 37.6 Å². The second-order valence-corrected chi connectivity index (χ2v) is 6.15. The zero-order chi connectivity index (χ0) is 10.8. The highest BCUT2D eigenvalue weighted by atomic mass is 127. The Bertz CT molecular complexity index is 430. The van der Waals surface area contributed by atoms with Crippen LogP contribution in [0.5, 0.6) is 0 Å². The van der Waals surface area contributed by atoms with Crippen molar-refractivity contribution in [3.05, 3.63) is 34.9 Å². The van der Waals surface area contributed by atoms with Gasteiger partial charge in [0, 0.05) is 3.42 Å². The summed E-state index contributed by atoms with van der Waals surface area (Å²) < 4.78 is -0.129. The quantitative estimate of drug-likeness (QED) is 0.590. The maximum Gasteiger partial charge on any atom is 0.0995 e. The minimum absolute atomic E-state index is 0.129. The number of alkyl halides is 1. The molecule has 1 aromatic carbocycles. The first-order chi connectivity index (χ1) is 6.49. The van der Waals surface area contributed by atoms with Crippen LogP contribution in [0.15, 0.2) is 18.2 Å². The molecular formula is C11H9IN2. The van der Waals surface area contributed by atoms with Crippen LogP contribution in [-0.2, 0) is 3.42 Å². The maximum absolute atomic E-state index is 8.91. The minimum Gasteiger partial charge on any atom is -0.192 e. The molecule has 0 unspecified atom stereocenters. The Morgan fingerprint density at radius 2 is 1.86 bits per heavy atom. The first-order valence-electron chi connectivity index (χ1n) is 4.12. The zero-order valence-electron chi connectivity index (χ0n) is 8.00. The zero-order valence-corrected chi connectivity index (χ0v) is 10.2. The van der Waals surface area contributed by atoms with E-state index in [1.807, 2.05) is 13.8 Å². The molecule has 0 bridgehead atoms. The molecule has 0 aliphatic heterocycles. The summed E-state index contributed by atoms with van der Waals surface area (Å²) >= 11 is 2.26. The predicted octanol–water partition coefficient (Wildman–Crippen LogP) is 3.10. The van der Waals surface area contributed by atoms with E-state index in [-0.39, 0.29) is 3.42 Å². The van der Waals surface area contributed by atoms with Crippen LogP contribution < -0.4 is 0 Å². The SMILES string of the molecule is CC(C)(I)c1cc(C#N)ccc1C#N. The molecule has 0 heterocycles. The van der Waals surface area contributed by atoms with Crippen LogP contribution in [-0.4, -0.2) is 0 Å². The first-order valence-corrected chi connectivity index (χ1v) is 5.20. The molecule has 0 aromatic heterocycles. The van der Waals surface area contributed by atoms with Crippen LogP contribution in [0.25, 0.3) is 0 Å². The van der Waals surface area contributed by atoms with Gasteiger partial charge in [0.05, 0.1) is 23.3 Å². The van der Waals surface area contributed by atoms with E-state index in [4.69, 9.17) is 10.5 Å². The third-order valence-corrected chi connectivity index (χ3v) is 2.49. The molecule has 0 saturated heterocycles. The van der Waals surface area contributed by atoms with Crippen molar-refractivity contribution in [2.24, 2.45) is 0 Å². The van der Waals surface area contributed by atoms with Gasteiger partial charge < -0.3 is 0 Å². The van der Waals surface area contributed by atoms with Crippen LogP contribution in [0.2, 0.25) is 0 Å². The van der Waals surface area contributed by atoms with E-state index in [0.29, 0.717) is 11.1 Å². The second-order valence-electron chi connectivity index (χ2n) is 3.46. The van der Waals surface area contributed by atoms with Crippen LogP contribution in [0.4, 0.5) is 0 Å². The molecule has 0 amide bonds. The summed E-state index contributed by atoms with van der Waals surface area (Å²) in [6.45, 7) is 4.04. The van der Waals surface area contributed by atoms with E-state index < -0.39 is 0 Å². The van der Waals surface area contributed by atoms with Gasteiger partial charge in [0.2, 0.25) is 0 Å². The Morgan fingerprint density at radius 1 is 1.21 bits per heavy atom. The van der Waals surface area contributed by atoms with Gasteiger partial charge in [0.15, 0.2) is 0 Å². The van der Waals surface area contributed by atoms with Crippen molar-refractivity contribution in [3.63, 3.8) is 0 Å². The van der Waals surface area contributed by atoms with Crippen molar-refractivity contribution in [3.8, 4) is 12.1 Å². The monoisotopic (exact) mass is 296 g/mol. The van der Waals surface area contributed by atoms with Crippen molar-refractivity contribution >= 4 is 22.6 Å². The van der Waals surface area contributed by atoms with Crippen molar-refractivity contribution in [2.75, 3.05) is 0 Å². The lowest BCUT2D eigenvalue weighted by Crippen LogP contribution is -2.09. The molecule has 0 aliphatic carbocycles. The summed E-state index contributed by atoms with van der Waals surface area (Å²) in [5.41, 5.74) is 2.16. The number of halogens is 1. The lowest BCUT2D eigenvalue weighted by atomic mass is 9.96. The highest BCUT2D eigenvalue weighted by Gasteiger charge is 2.20. The van der Waals surface area contributed by atoms with Gasteiger partial charge in [-0.15, -0.1) is 0 Å². The number of nitriles is 2. The van der Waals surface area contributed by atoms with Crippen molar-refractivity contribution in [1.29, 1.82) is 10.5 Å². The van der Waals surface area contributed by atoms with Gasteiger partial charge >= 0.3 is 0 Å². The number of hydrogen-bond acceptors (Lipinski definition) is 2. The molecular weight excluding hydrogens is 287 g/mol. The van der Waals surface area contributed by atoms with Crippen LogP contribution in [0.3, 0.4) is 0 Å². The van der Waals surface area contributed by atoms with Crippen LogP contribution >= 0.6 is 22.6 Å². The predicted molar refractivity (Wildman–Crippen MR) is 62.9 cm³/mol. The summed E-state index contributed by atoms with van der Waals surface area (Å²) in [6, 6.07) is 9.37. The average molecular weight is 296 g/mol.